The van der Waals surface area contributed by atoms with Gasteiger partial charge in [-0.15, -0.1) is 0 Å². The lowest BCUT2D eigenvalue weighted by molar-refractivity contribution is -0.138. The van der Waals surface area contributed by atoms with Crippen LogP contribution in [0.3, 0.4) is 0 Å². The van der Waals surface area contributed by atoms with E-state index in [4.69, 9.17) is 5.11 Å². The minimum absolute atomic E-state index is 0.313. The molecule has 0 aromatic carbocycles. The minimum atomic E-state index is -0.684. The maximum absolute atomic E-state index is 10.1. The van der Waals surface area contributed by atoms with E-state index in [-0.39, 0.29) is 0 Å². The molecule has 0 saturated heterocycles. The summed E-state index contributed by atoms with van der Waals surface area (Å²) in [6, 6.07) is 5.72. The molecule has 1 aromatic heterocycles. The standard InChI is InChI=1S/C7H14O2.C5H5N/c1-3-4-6(2)5-7(8)9;1-2-4-6-5-3-1/h6H,3-5H2,1-2H3,(H,8,9);1-5H. The van der Waals surface area contributed by atoms with E-state index in [0.717, 1.165) is 12.8 Å². The SMILES string of the molecule is CCCC(C)CC(=O)O.c1ccncc1. The van der Waals surface area contributed by atoms with Crippen LogP contribution in [-0.4, -0.2) is 16.1 Å². The molecule has 3 heteroatoms. The van der Waals surface area contributed by atoms with Crippen LogP contribution in [0, 0.1) is 5.92 Å². The first kappa shape index (κ1) is 13.6. The van der Waals surface area contributed by atoms with Crippen LogP contribution in [0.15, 0.2) is 30.6 Å². The van der Waals surface area contributed by atoms with E-state index in [9.17, 15) is 4.79 Å². The summed E-state index contributed by atoms with van der Waals surface area (Å²) in [5.41, 5.74) is 0. The van der Waals surface area contributed by atoms with Gasteiger partial charge in [0.15, 0.2) is 0 Å². The van der Waals surface area contributed by atoms with Gasteiger partial charge in [-0.25, -0.2) is 0 Å². The molecule has 0 aliphatic carbocycles. The van der Waals surface area contributed by atoms with E-state index >= 15 is 0 Å². The first-order chi connectivity index (χ1) is 7.16. The molecule has 1 heterocycles. The Morgan fingerprint density at radius 2 is 1.93 bits per heavy atom. The zero-order valence-corrected chi connectivity index (χ0v) is 9.39. The van der Waals surface area contributed by atoms with Crippen molar-refractivity contribution in [3.05, 3.63) is 30.6 Å². The smallest absolute Gasteiger partial charge is 0.303 e. The van der Waals surface area contributed by atoms with E-state index in [1.165, 1.54) is 0 Å². The van der Waals surface area contributed by atoms with Crippen LogP contribution in [-0.2, 0) is 4.79 Å². The van der Waals surface area contributed by atoms with Crippen molar-refractivity contribution in [3.8, 4) is 0 Å². The van der Waals surface area contributed by atoms with Crippen molar-refractivity contribution >= 4 is 5.97 Å². The van der Waals surface area contributed by atoms with Crippen LogP contribution in [0.1, 0.15) is 33.1 Å². The zero-order valence-electron chi connectivity index (χ0n) is 9.39. The fourth-order valence-electron chi connectivity index (χ4n) is 1.21. The number of carboxylic acid groups (broad SMARTS) is 1. The Kier molecular flexibility index (Phi) is 8.34. The van der Waals surface area contributed by atoms with Crippen LogP contribution >= 0.6 is 0 Å². The van der Waals surface area contributed by atoms with Gasteiger partial charge in [-0.1, -0.05) is 32.8 Å². The van der Waals surface area contributed by atoms with Gasteiger partial charge in [0.05, 0.1) is 0 Å². The van der Waals surface area contributed by atoms with Crippen LogP contribution < -0.4 is 0 Å². The Hall–Kier alpha value is -1.38. The van der Waals surface area contributed by atoms with Gasteiger partial charge in [0, 0.05) is 18.8 Å². The summed E-state index contributed by atoms with van der Waals surface area (Å²) in [5, 5.41) is 8.31. The predicted octanol–water partition coefficient (Wildman–Crippen LogP) is 2.98. The molecule has 1 unspecified atom stereocenters. The summed E-state index contributed by atoms with van der Waals surface area (Å²) in [6.45, 7) is 4.04. The molecule has 0 radical (unpaired) electrons. The van der Waals surface area contributed by atoms with Crippen molar-refractivity contribution < 1.29 is 9.90 Å². The number of hydrogen-bond acceptors (Lipinski definition) is 2. The van der Waals surface area contributed by atoms with Gasteiger partial charge in [-0.3, -0.25) is 9.78 Å². The number of carboxylic acids is 1. The summed E-state index contributed by atoms with van der Waals surface area (Å²) in [6.07, 6.45) is 5.91. The van der Waals surface area contributed by atoms with Gasteiger partial charge in [0.2, 0.25) is 0 Å². The normalized spacial score (nSPS) is 11.1. The highest BCUT2D eigenvalue weighted by Gasteiger charge is 2.04. The Bertz CT molecular complexity index is 222. The van der Waals surface area contributed by atoms with Crippen molar-refractivity contribution in [2.75, 3.05) is 0 Å². The maximum Gasteiger partial charge on any atom is 0.303 e. The van der Waals surface area contributed by atoms with Gasteiger partial charge < -0.3 is 5.11 Å². The van der Waals surface area contributed by atoms with Gasteiger partial charge >= 0.3 is 5.97 Å². The molecule has 84 valence electrons. The highest BCUT2D eigenvalue weighted by molar-refractivity contribution is 5.66. The molecule has 15 heavy (non-hydrogen) atoms. The van der Waals surface area contributed by atoms with Crippen LogP contribution in [0.2, 0.25) is 0 Å². The summed E-state index contributed by atoms with van der Waals surface area (Å²) in [4.78, 5) is 13.9. The molecule has 0 fully saturated rings. The van der Waals surface area contributed by atoms with Crippen LogP contribution in [0.4, 0.5) is 0 Å². The lowest BCUT2D eigenvalue weighted by atomic mass is 10.0. The highest BCUT2D eigenvalue weighted by atomic mass is 16.4. The Labute approximate surface area is 91.2 Å². The fourth-order valence-corrected chi connectivity index (χ4v) is 1.21. The number of aromatic nitrogens is 1. The molecule has 3 nitrogen and oxygen atoms in total. The zero-order chi connectivity index (χ0) is 11.5. The van der Waals surface area contributed by atoms with Crippen LogP contribution in [0.5, 0.6) is 0 Å². The first-order valence-electron chi connectivity index (χ1n) is 5.23. The summed E-state index contributed by atoms with van der Waals surface area (Å²) in [5.74, 6) is -0.344. The molecule has 1 N–H and O–H groups in total. The summed E-state index contributed by atoms with van der Waals surface area (Å²) >= 11 is 0. The maximum atomic E-state index is 10.1. The number of carbonyl (C=O) groups is 1. The van der Waals surface area contributed by atoms with Crippen molar-refractivity contribution in [3.63, 3.8) is 0 Å². The fraction of sp³-hybridized carbons (Fsp3) is 0.500. The number of hydrogen-bond donors (Lipinski definition) is 1. The quantitative estimate of drug-likeness (QED) is 0.829. The summed E-state index contributed by atoms with van der Waals surface area (Å²) < 4.78 is 0. The highest BCUT2D eigenvalue weighted by Crippen LogP contribution is 2.08. The first-order valence-corrected chi connectivity index (χ1v) is 5.23. The molecular weight excluding hydrogens is 190 g/mol. The molecule has 0 bridgehead atoms. The lowest BCUT2D eigenvalue weighted by Crippen LogP contribution is -2.03. The topological polar surface area (TPSA) is 50.2 Å². The number of nitrogens with zero attached hydrogens (tertiary/aromatic N) is 1. The van der Waals surface area contributed by atoms with Crippen molar-refractivity contribution in [1.82, 2.24) is 4.98 Å². The number of aliphatic carboxylic acids is 1. The van der Waals surface area contributed by atoms with E-state index in [1.54, 1.807) is 12.4 Å². The Balaban J connectivity index is 0.000000280. The van der Waals surface area contributed by atoms with Gasteiger partial charge in [-0.05, 0) is 18.1 Å². The largest absolute Gasteiger partial charge is 0.481 e. The van der Waals surface area contributed by atoms with Gasteiger partial charge in [-0.2, -0.15) is 0 Å². The second kappa shape index (κ2) is 9.19. The minimum Gasteiger partial charge on any atom is -0.481 e. The number of pyridine rings is 1. The van der Waals surface area contributed by atoms with Gasteiger partial charge in [0.1, 0.15) is 0 Å². The number of rotatable bonds is 4. The molecule has 0 spiro atoms. The average Bonchev–Trinajstić information content (AvgIpc) is 2.20. The van der Waals surface area contributed by atoms with Crippen LogP contribution in [0.25, 0.3) is 0 Å². The molecule has 1 rings (SSSR count). The monoisotopic (exact) mass is 209 g/mol. The molecule has 0 saturated carbocycles. The van der Waals surface area contributed by atoms with Crippen molar-refractivity contribution in [1.29, 1.82) is 0 Å². The van der Waals surface area contributed by atoms with E-state index in [2.05, 4.69) is 11.9 Å². The summed E-state index contributed by atoms with van der Waals surface area (Å²) in [7, 11) is 0. The average molecular weight is 209 g/mol. The lowest BCUT2D eigenvalue weighted by Gasteiger charge is -2.03. The van der Waals surface area contributed by atoms with Gasteiger partial charge in [0.25, 0.3) is 0 Å². The molecule has 1 atom stereocenters. The molecule has 0 aliphatic rings. The second-order valence-corrected chi connectivity index (χ2v) is 3.52. The predicted molar refractivity (Wildman–Crippen MR) is 60.6 cm³/mol. The van der Waals surface area contributed by atoms with E-state index < -0.39 is 5.97 Å². The third-order valence-corrected chi connectivity index (χ3v) is 1.87. The van der Waals surface area contributed by atoms with Crippen molar-refractivity contribution in [2.24, 2.45) is 5.92 Å². The molecular formula is C12H19NO2. The Morgan fingerprint density at radius 1 is 1.33 bits per heavy atom. The molecule has 1 aromatic rings. The van der Waals surface area contributed by atoms with Crippen molar-refractivity contribution in [2.45, 2.75) is 33.1 Å². The second-order valence-electron chi connectivity index (χ2n) is 3.52. The van der Waals surface area contributed by atoms with E-state index in [1.807, 2.05) is 25.1 Å². The third-order valence-electron chi connectivity index (χ3n) is 1.87. The molecule has 0 aliphatic heterocycles. The third kappa shape index (κ3) is 10.5. The van der Waals surface area contributed by atoms with E-state index in [0.29, 0.717) is 12.3 Å². The molecule has 0 amide bonds. The Morgan fingerprint density at radius 3 is 2.20 bits per heavy atom.